The third-order valence-electron chi connectivity index (χ3n) is 3.67. The van der Waals surface area contributed by atoms with Crippen molar-refractivity contribution in [1.82, 2.24) is 0 Å². The molecule has 1 aliphatic heterocycles. The Morgan fingerprint density at radius 2 is 1.60 bits per heavy atom. The quantitative estimate of drug-likeness (QED) is 0.720. The van der Waals surface area contributed by atoms with Crippen LogP contribution >= 0.6 is 23.2 Å². The first-order valence-corrected chi connectivity index (χ1v) is 6.76. The Balaban J connectivity index is 1.85. The molecule has 0 N–H and O–H groups in total. The van der Waals surface area contributed by atoms with Gasteiger partial charge in [0.05, 0.1) is 13.2 Å². The maximum absolute atomic E-state index is 5.91. The highest BCUT2D eigenvalue weighted by molar-refractivity contribution is 6.20. The number of hydrogen-bond acceptors (Lipinski definition) is 2. The highest BCUT2D eigenvalue weighted by atomic mass is 35.5. The first kappa shape index (κ1) is 12.0. The fourth-order valence-electron chi connectivity index (χ4n) is 2.63. The zero-order valence-electron chi connectivity index (χ0n) is 8.88. The van der Waals surface area contributed by atoms with Crippen LogP contribution in [0.2, 0.25) is 0 Å². The van der Waals surface area contributed by atoms with Crippen molar-refractivity contribution in [1.29, 1.82) is 0 Å². The number of halogens is 2. The predicted molar refractivity (Wildman–Crippen MR) is 61.5 cm³/mol. The molecule has 1 aliphatic carbocycles. The van der Waals surface area contributed by atoms with E-state index in [1.165, 1.54) is 0 Å². The maximum Gasteiger partial charge on any atom is 0.168 e. The van der Waals surface area contributed by atoms with Gasteiger partial charge in [-0.1, -0.05) is 0 Å². The fourth-order valence-corrected chi connectivity index (χ4v) is 3.46. The molecule has 0 aromatic rings. The van der Waals surface area contributed by atoms with Gasteiger partial charge in [-0.2, -0.15) is 0 Å². The Kier molecular flexibility index (Phi) is 4.17. The molecule has 88 valence electrons. The van der Waals surface area contributed by atoms with Crippen LogP contribution in [0.15, 0.2) is 0 Å². The summed E-state index contributed by atoms with van der Waals surface area (Å²) in [6.45, 7) is 1.50. The lowest BCUT2D eigenvalue weighted by Gasteiger charge is -2.37. The average molecular weight is 253 g/mol. The molecule has 0 aromatic carbocycles. The second kappa shape index (κ2) is 5.22. The highest BCUT2D eigenvalue weighted by Gasteiger charge is 2.41. The molecule has 2 aliphatic rings. The van der Waals surface area contributed by atoms with Crippen molar-refractivity contribution < 1.29 is 9.47 Å². The zero-order chi connectivity index (χ0) is 10.7. The van der Waals surface area contributed by atoms with Gasteiger partial charge in [0.1, 0.15) is 0 Å². The first-order chi connectivity index (χ1) is 7.29. The minimum Gasteiger partial charge on any atom is -0.348 e. The molecule has 0 amide bonds. The van der Waals surface area contributed by atoms with Crippen LogP contribution in [0.4, 0.5) is 0 Å². The SMILES string of the molecule is ClCC(CCl)C1CCC2(CC1)OCCO2. The summed E-state index contributed by atoms with van der Waals surface area (Å²) >= 11 is 11.8. The molecule has 0 atom stereocenters. The van der Waals surface area contributed by atoms with E-state index < -0.39 is 0 Å². The Labute approximate surface area is 101 Å². The lowest BCUT2D eigenvalue weighted by molar-refractivity contribution is -0.184. The Hall–Kier alpha value is 0.500. The molecule has 1 spiro atoms. The molecule has 2 nitrogen and oxygen atoms in total. The van der Waals surface area contributed by atoms with Gasteiger partial charge in [0, 0.05) is 24.6 Å². The van der Waals surface area contributed by atoms with E-state index in [1.54, 1.807) is 0 Å². The topological polar surface area (TPSA) is 18.5 Å². The molecule has 1 heterocycles. The smallest absolute Gasteiger partial charge is 0.168 e. The van der Waals surface area contributed by atoms with Crippen LogP contribution in [0.5, 0.6) is 0 Å². The van der Waals surface area contributed by atoms with Crippen molar-refractivity contribution in [3.8, 4) is 0 Å². The predicted octanol–water partition coefficient (Wildman–Crippen LogP) is 3.01. The minimum absolute atomic E-state index is 0.250. The molecule has 0 unspecified atom stereocenters. The van der Waals surface area contributed by atoms with E-state index >= 15 is 0 Å². The van der Waals surface area contributed by atoms with Gasteiger partial charge in [0.15, 0.2) is 5.79 Å². The summed E-state index contributed by atoms with van der Waals surface area (Å²) in [4.78, 5) is 0. The van der Waals surface area contributed by atoms with Crippen molar-refractivity contribution in [3.05, 3.63) is 0 Å². The van der Waals surface area contributed by atoms with Crippen LogP contribution < -0.4 is 0 Å². The minimum atomic E-state index is -0.250. The first-order valence-electron chi connectivity index (χ1n) is 5.69. The van der Waals surface area contributed by atoms with Crippen LogP contribution in [0.25, 0.3) is 0 Å². The summed E-state index contributed by atoms with van der Waals surface area (Å²) in [6, 6.07) is 0. The largest absolute Gasteiger partial charge is 0.348 e. The maximum atomic E-state index is 5.91. The van der Waals surface area contributed by atoms with Crippen LogP contribution in [0.1, 0.15) is 25.7 Å². The van der Waals surface area contributed by atoms with Crippen molar-refractivity contribution in [2.45, 2.75) is 31.5 Å². The van der Waals surface area contributed by atoms with E-state index in [-0.39, 0.29) is 5.79 Å². The van der Waals surface area contributed by atoms with E-state index in [0.717, 1.165) is 38.9 Å². The van der Waals surface area contributed by atoms with Crippen LogP contribution in [0, 0.1) is 11.8 Å². The number of rotatable bonds is 3. The van der Waals surface area contributed by atoms with E-state index in [9.17, 15) is 0 Å². The standard InChI is InChI=1S/C11H18Cl2O2/c12-7-10(8-13)9-1-3-11(4-2-9)14-5-6-15-11/h9-10H,1-8H2. The van der Waals surface area contributed by atoms with Gasteiger partial charge in [-0.15, -0.1) is 23.2 Å². The molecule has 0 radical (unpaired) electrons. The molecule has 1 saturated heterocycles. The molecule has 1 saturated carbocycles. The van der Waals surface area contributed by atoms with E-state index in [1.807, 2.05) is 0 Å². The van der Waals surface area contributed by atoms with Gasteiger partial charge in [0.2, 0.25) is 0 Å². The van der Waals surface area contributed by atoms with Crippen molar-refractivity contribution in [2.24, 2.45) is 11.8 Å². The third kappa shape index (κ3) is 2.60. The van der Waals surface area contributed by atoms with Crippen LogP contribution in [0.3, 0.4) is 0 Å². The van der Waals surface area contributed by atoms with Gasteiger partial charge in [-0.3, -0.25) is 0 Å². The molecular formula is C11H18Cl2O2. The second-order valence-corrected chi connectivity index (χ2v) is 5.13. The summed E-state index contributed by atoms with van der Waals surface area (Å²) in [6.07, 6.45) is 4.26. The monoisotopic (exact) mass is 252 g/mol. The zero-order valence-corrected chi connectivity index (χ0v) is 10.4. The summed E-state index contributed by atoms with van der Waals surface area (Å²) in [5.74, 6) is 2.19. The average Bonchev–Trinajstić information content (AvgIpc) is 2.72. The fraction of sp³-hybridized carbons (Fsp3) is 1.00. The molecule has 15 heavy (non-hydrogen) atoms. The van der Waals surface area contributed by atoms with E-state index in [0.29, 0.717) is 23.6 Å². The van der Waals surface area contributed by atoms with Crippen LogP contribution in [-0.2, 0) is 9.47 Å². The molecule has 0 aromatic heterocycles. The molecule has 4 heteroatoms. The number of ether oxygens (including phenoxy) is 2. The molecule has 2 fully saturated rings. The van der Waals surface area contributed by atoms with Gasteiger partial charge < -0.3 is 9.47 Å². The van der Waals surface area contributed by atoms with E-state index in [4.69, 9.17) is 32.7 Å². The third-order valence-corrected chi connectivity index (χ3v) is 4.46. The highest BCUT2D eigenvalue weighted by Crippen LogP contribution is 2.41. The summed E-state index contributed by atoms with van der Waals surface area (Å²) in [7, 11) is 0. The van der Waals surface area contributed by atoms with Crippen LogP contribution in [-0.4, -0.2) is 30.8 Å². The van der Waals surface area contributed by atoms with Gasteiger partial charge >= 0.3 is 0 Å². The lowest BCUT2D eigenvalue weighted by Crippen LogP contribution is -2.37. The lowest BCUT2D eigenvalue weighted by atomic mass is 9.79. The van der Waals surface area contributed by atoms with Crippen molar-refractivity contribution in [2.75, 3.05) is 25.0 Å². The van der Waals surface area contributed by atoms with Gasteiger partial charge in [0.25, 0.3) is 0 Å². The number of alkyl halides is 2. The Morgan fingerprint density at radius 1 is 1.07 bits per heavy atom. The molecule has 2 rings (SSSR count). The molecular weight excluding hydrogens is 235 g/mol. The van der Waals surface area contributed by atoms with Crippen molar-refractivity contribution in [3.63, 3.8) is 0 Å². The summed E-state index contributed by atoms with van der Waals surface area (Å²) in [5, 5.41) is 0. The van der Waals surface area contributed by atoms with Gasteiger partial charge in [-0.25, -0.2) is 0 Å². The Morgan fingerprint density at radius 3 is 2.07 bits per heavy atom. The van der Waals surface area contributed by atoms with Gasteiger partial charge in [-0.05, 0) is 24.7 Å². The Bertz CT molecular complexity index is 191. The van der Waals surface area contributed by atoms with Crippen molar-refractivity contribution >= 4 is 23.2 Å². The summed E-state index contributed by atoms with van der Waals surface area (Å²) in [5.41, 5.74) is 0. The normalized spacial score (nSPS) is 26.6. The molecule has 0 bridgehead atoms. The second-order valence-electron chi connectivity index (χ2n) is 4.51. The van der Waals surface area contributed by atoms with E-state index in [2.05, 4.69) is 0 Å². The summed E-state index contributed by atoms with van der Waals surface area (Å²) < 4.78 is 11.4. The number of hydrogen-bond donors (Lipinski definition) is 0.